The van der Waals surface area contributed by atoms with E-state index in [1.807, 2.05) is 6.07 Å². The number of anilines is 2. The first-order valence-corrected chi connectivity index (χ1v) is 7.28. The van der Waals surface area contributed by atoms with Crippen LogP contribution in [0.1, 0.15) is 39.0 Å². The van der Waals surface area contributed by atoms with Gasteiger partial charge < -0.3 is 15.3 Å². The molecular formula is C14H24N4O. The van der Waals surface area contributed by atoms with Crippen LogP contribution in [0, 0.1) is 0 Å². The number of aliphatic hydroxyl groups excluding tert-OH is 1. The number of aliphatic hydroxyl groups is 1. The molecule has 0 unspecified atom stereocenters. The number of hydrogen-bond donors (Lipinski definition) is 2. The Labute approximate surface area is 115 Å². The van der Waals surface area contributed by atoms with E-state index in [0.717, 1.165) is 44.1 Å². The van der Waals surface area contributed by atoms with Crippen molar-refractivity contribution in [3.8, 4) is 0 Å². The van der Waals surface area contributed by atoms with E-state index >= 15 is 0 Å². The minimum atomic E-state index is -0.148. The van der Waals surface area contributed by atoms with E-state index in [0.29, 0.717) is 0 Å². The van der Waals surface area contributed by atoms with Crippen molar-refractivity contribution in [3.05, 3.63) is 12.4 Å². The highest BCUT2D eigenvalue weighted by Gasteiger charge is 2.18. The monoisotopic (exact) mass is 264 g/mol. The van der Waals surface area contributed by atoms with E-state index in [1.165, 1.54) is 19.3 Å². The highest BCUT2D eigenvalue weighted by Crippen LogP contribution is 2.19. The number of hydrogen-bond acceptors (Lipinski definition) is 5. The SMILES string of the molecule is CCCCCNc1cc(N2CCC(O)CC2)ncn1. The molecule has 106 valence electrons. The average Bonchev–Trinajstić information content (AvgIpc) is 2.45. The van der Waals surface area contributed by atoms with Gasteiger partial charge in [-0.05, 0) is 19.3 Å². The Morgan fingerprint density at radius 3 is 2.84 bits per heavy atom. The minimum absolute atomic E-state index is 0.148. The molecule has 1 saturated heterocycles. The van der Waals surface area contributed by atoms with E-state index in [9.17, 15) is 5.11 Å². The molecule has 1 aliphatic heterocycles. The van der Waals surface area contributed by atoms with Crippen molar-refractivity contribution in [2.75, 3.05) is 29.9 Å². The molecule has 0 aliphatic carbocycles. The molecule has 0 saturated carbocycles. The summed E-state index contributed by atoms with van der Waals surface area (Å²) in [5, 5.41) is 12.9. The quantitative estimate of drug-likeness (QED) is 0.770. The molecule has 0 bridgehead atoms. The van der Waals surface area contributed by atoms with Crippen LogP contribution in [-0.2, 0) is 0 Å². The highest BCUT2D eigenvalue weighted by atomic mass is 16.3. The van der Waals surface area contributed by atoms with Crippen LogP contribution in [-0.4, -0.2) is 40.8 Å². The van der Waals surface area contributed by atoms with Crippen molar-refractivity contribution in [3.63, 3.8) is 0 Å². The van der Waals surface area contributed by atoms with E-state index in [1.54, 1.807) is 6.33 Å². The molecule has 1 aliphatic rings. The first-order valence-electron chi connectivity index (χ1n) is 7.28. The maximum absolute atomic E-state index is 9.52. The first kappa shape index (κ1) is 14.1. The van der Waals surface area contributed by atoms with Gasteiger partial charge in [-0.25, -0.2) is 9.97 Å². The molecule has 0 spiro atoms. The molecule has 0 amide bonds. The number of aromatic nitrogens is 2. The van der Waals surface area contributed by atoms with Crippen molar-refractivity contribution < 1.29 is 5.11 Å². The van der Waals surface area contributed by atoms with Crippen LogP contribution >= 0.6 is 0 Å². The molecular weight excluding hydrogens is 240 g/mol. The van der Waals surface area contributed by atoms with Crippen LogP contribution in [0.2, 0.25) is 0 Å². The summed E-state index contributed by atoms with van der Waals surface area (Å²) in [5.74, 6) is 1.85. The van der Waals surface area contributed by atoms with Gasteiger partial charge in [-0.2, -0.15) is 0 Å². The lowest BCUT2D eigenvalue weighted by Crippen LogP contribution is -2.36. The summed E-state index contributed by atoms with van der Waals surface area (Å²) in [4.78, 5) is 10.8. The molecule has 2 N–H and O–H groups in total. The summed E-state index contributed by atoms with van der Waals surface area (Å²) >= 11 is 0. The van der Waals surface area contributed by atoms with Gasteiger partial charge in [0.15, 0.2) is 0 Å². The van der Waals surface area contributed by atoms with E-state index in [2.05, 4.69) is 27.1 Å². The van der Waals surface area contributed by atoms with Gasteiger partial charge in [0, 0.05) is 25.7 Å². The number of nitrogens with one attached hydrogen (secondary N) is 1. The van der Waals surface area contributed by atoms with Gasteiger partial charge in [0.1, 0.15) is 18.0 Å². The fraction of sp³-hybridized carbons (Fsp3) is 0.714. The topological polar surface area (TPSA) is 61.3 Å². The average molecular weight is 264 g/mol. The highest BCUT2D eigenvalue weighted by molar-refractivity contribution is 5.48. The summed E-state index contributed by atoms with van der Waals surface area (Å²) in [5.41, 5.74) is 0. The zero-order valence-corrected chi connectivity index (χ0v) is 11.7. The Hall–Kier alpha value is -1.36. The predicted octanol–water partition coefficient (Wildman–Crippen LogP) is 2.04. The van der Waals surface area contributed by atoms with Gasteiger partial charge in [0.05, 0.1) is 6.10 Å². The maximum atomic E-state index is 9.52. The second-order valence-electron chi connectivity index (χ2n) is 5.11. The lowest BCUT2D eigenvalue weighted by molar-refractivity contribution is 0.145. The van der Waals surface area contributed by atoms with Crippen LogP contribution in [0.25, 0.3) is 0 Å². The summed E-state index contributed by atoms with van der Waals surface area (Å²) in [6, 6.07) is 2.00. The smallest absolute Gasteiger partial charge is 0.134 e. The van der Waals surface area contributed by atoms with Crippen molar-refractivity contribution in [2.24, 2.45) is 0 Å². The Morgan fingerprint density at radius 2 is 2.11 bits per heavy atom. The summed E-state index contributed by atoms with van der Waals surface area (Å²) in [6.45, 7) is 4.90. The normalized spacial score (nSPS) is 16.6. The van der Waals surface area contributed by atoms with E-state index in [-0.39, 0.29) is 6.10 Å². The minimum Gasteiger partial charge on any atom is -0.393 e. The lowest BCUT2D eigenvalue weighted by Gasteiger charge is -2.30. The van der Waals surface area contributed by atoms with Gasteiger partial charge in [0.25, 0.3) is 0 Å². The fourth-order valence-corrected chi connectivity index (χ4v) is 2.30. The van der Waals surface area contributed by atoms with Crippen LogP contribution in [0.5, 0.6) is 0 Å². The molecule has 5 nitrogen and oxygen atoms in total. The third kappa shape index (κ3) is 4.35. The second-order valence-corrected chi connectivity index (χ2v) is 5.11. The number of piperidine rings is 1. The molecule has 1 aromatic heterocycles. The Morgan fingerprint density at radius 1 is 1.32 bits per heavy atom. The number of rotatable bonds is 6. The van der Waals surface area contributed by atoms with Gasteiger partial charge in [0.2, 0.25) is 0 Å². The van der Waals surface area contributed by atoms with Crippen molar-refractivity contribution >= 4 is 11.6 Å². The fourth-order valence-electron chi connectivity index (χ4n) is 2.30. The Kier molecular flexibility index (Phi) is 5.39. The van der Waals surface area contributed by atoms with Crippen LogP contribution < -0.4 is 10.2 Å². The Balaban J connectivity index is 1.87. The summed E-state index contributed by atoms with van der Waals surface area (Å²) in [6.07, 6.45) is 6.76. The standard InChI is InChI=1S/C14H24N4O/c1-2-3-4-7-15-13-10-14(17-11-16-13)18-8-5-12(19)6-9-18/h10-12,19H,2-9H2,1H3,(H,15,16,17). The van der Waals surface area contributed by atoms with Crippen molar-refractivity contribution in [1.82, 2.24) is 9.97 Å². The molecule has 0 atom stereocenters. The first-order chi connectivity index (χ1) is 9.29. The summed E-state index contributed by atoms with van der Waals surface area (Å²) < 4.78 is 0. The van der Waals surface area contributed by atoms with E-state index < -0.39 is 0 Å². The molecule has 2 heterocycles. The molecule has 1 aromatic rings. The Bertz CT molecular complexity index is 377. The van der Waals surface area contributed by atoms with Gasteiger partial charge in [-0.15, -0.1) is 0 Å². The van der Waals surface area contributed by atoms with Crippen LogP contribution in [0.3, 0.4) is 0 Å². The van der Waals surface area contributed by atoms with Crippen molar-refractivity contribution in [2.45, 2.75) is 45.1 Å². The zero-order valence-electron chi connectivity index (χ0n) is 11.7. The molecule has 19 heavy (non-hydrogen) atoms. The third-order valence-corrected chi connectivity index (χ3v) is 3.53. The largest absolute Gasteiger partial charge is 0.393 e. The lowest BCUT2D eigenvalue weighted by atomic mass is 10.1. The summed E-state index contributed by atoms with van der Waals surface area (Å²) in [7, 11) is 0. The second kappa shape index (κ2) is 7.28. The number of nitrogens with zero attached hydrogens (tertiary/aromatic N) is 3. The number of unbranched alkanes of at least 4 members (excludes halogenated alkanes) is 2. The maximum Gasteiger partial charge on any atom is 0.134 e. The molecule has 0 radical (unpaired) electrons. The van der Waals surface area contributed by atoms with Crippen molar-refractivity contribution in [1.29, 1.82) is 0 Å². The van der Waals surface area contributed by atoms with Gasteiger partial charge in [-0.1, -0.05) is 19.8 Å². The molecule has 0 aromatic carbocycles. The third-order valence-electron chi connectivity index (χ3n) is 3.53. The van der Waals surface area contributed by atoms with Gasteiger partial charge >= 0.3 is 0 Å². The molecule has 2 rings (SSSR count). The van der Waals surface area contributed by atoms with Crippen LogP contribution in [0.4, 0.5) is 11.6 Å². The molecule has 5 heteroatoms. The van der Waals surface area contributed by atoms with Crippen LogP contribution in [0.15, 0.2) is 12.4 Å². The predicted molar refractivity (Wildman–Crippen MR) is 77.5 cm³/mol. The van der Waals surface area contributed by atoms with E-state index in [4.69, 9.17) is 0 Å². The molecule has 1 fully saturated rings. The van der Waals surface area contributed by atoms with Gasteiger partial charge in [-0.3, -0.25) is 0 Å². The zero-order chi connectivity index (χ0) is 13.5.